The van der Waals surface area contributed by atoms with E-state index >= 15 is 0 Å². The number of nitrogens with zero attached hydrogens (tertiary/aromatic N) is 5. The molecule has 0 aromatic carbocycles. The summed E-state index contributed by atoms with van der Waals surface area (Å²) >= 11 is 0. The molecule has 1 aliphatic rings. The summed E-state index contributed by atoms with van der Waals surface area (Å²) in [4.78, 5) is 22.1. The highest BCUT2D eigenvalue weighted by atomic mass is 16.4. The van der Waals surface area contributed by atoms with E-state index in [2.05, 4.69) is 30.4 Å². The SMILES string of the molecule is CC(C)c1nnc(CN2CCC(CNC(=O)c3cncnc3)CC2)o1. The summed E-state index contributed by atoms with van der Waals surface area (Å²) in [5.41, 5.74) is 0.497. The summed E-state index contributed by atoms with van der Waals surface area (Å²) in [6.07, 6.45) is 6.55. The number of carbonyl (C=O) groups is 1. The van der Waals surface area contributed by atoms with Crippen LogP contribution < -0.4 is 5.32 Å². The molecule has 25 heavy (non-hydrogen) atoms. The van der Waals surface area contributed by atoms with Crippen LogP contribution in [0.15, 0.2) is 23.1 Å². The maximum absolute atomic E-state index is 12.0. The van der Waals surface area contributed by atoms with Crippen molar-refractivity contribution in [2.45, 2.75) is 39.2 Å². The molecule has 0 unspecified atom stereocenters. The zero-order chi connectivity index (χ0) is 17.6. The van der Waals surface area contributed by atoms with Gasteiger partial charge in [0.15, 0.2) is 0 Å². The molecule has 1 amide bonds. The average molecular weight is 344 g/mol. The summed E-state index contributed by atoms with van der Waals surface area (Å²) in [6, 6.07) is 0. The molecule has 2 aromatic heterocycles. The van der Waals surface area contributed by atoms with E-state index in [0.717, 1.165) is 25.9 Å². The molecular formula is C17H24N6O2. The van der Waals surface area contributed by atoms with Crippen molar-refractivity contribution in [3.05, 3.63) is 36.1 Å². The topological polar surface area (TPSA) is 97.0 Å². The quantitative estimate of drug-likeness (QED) is 0.850. The summed E-state index contributed by atoms with van der Waals surface area (Å²) in [5, 5.41) is 11.2. The number of aromatic nitrogens is 4. The second kappa shape index (κ2) is 8.15. The molecular weight excluding hydrogens is 320 g/mol. The molecule has 8 heteroatoms. The molecule has 0 spiro atoms. The Labute approximate surface area is 147 Å². The lowest BCUT2D eigenvalue weighted by atomic mass is 9.96. The monoisotopic (exact) mass is 344 g/mol. The highest BCUT2D eigenvalue weighted by Gasteiger charge is 2.22. The fourth-order valence-corrected chi connectivity index (χ4v) is 2.86. The number of nitrogens with one attached hydrogen (secondary N) is 1. The third-order valence-electron chi connectivity index (χ3n) is 4.42. The standard InChI is InChI=1S/C17H24N6O2/c1-12(2)17-22-21-15(25-17)10-23-5-3-13(4-6-23)7-20-16(24)14-8-18-11-19-9-14/h8-9,11-13H,3-7,10H2,1-2H3,(H,20,24). The molecule has 0 atom stereocenters. The first kappa shape index (κ1) is 17.5. The van der Waals surface area contributed by atoms with Crippen molar-refractivity contribution in [2.75, 3.05) is 19.6 Å². The molecule has 1 N–H and O–H groups in total. The van der Waals surface area contributed by atoms with Crippen molar-refractivity contribution in [1.82, 2.24) is 30.4 Å². The molecule has 0 saturated carbocycles. The number of rotatable bonds is 6. The van der Waals surface area contributed by atoms with E-state index in [1.165, 1.54) is 18.7 Å². The van der Waals surface area contributed by atoms with Gasteiger partial charge in [0, 0.05) is 24.9 Å². The van der Waals surface area contributed by atoms with Gasteiger partial charge in [-0.15, -0.1) is 10.2 Å². The van der Waals surface area contributed by atoms with Crippen LogP contribution in [-0.2, 0) is 6.54 Å². The number of hydrogen-bond donors (Lipinski definition) is 1. The first-order valence-electron chi connectivity index (χ1n) is 8.69. The van der Waals surface area contributed by atoms with Crippen LogP contribution in [0.2, 0.25) is 0 Å². The summed E-state index contributed by atoms with van der Waals surface area (Å²) in [7, 11) is 0. The van der Waals surface area contributed by atoms with Gasteiger partial charge in [0.1, 0.15) is 6.33 Å². The lowest BCUT2D eigenvalue weighted by molar-refractivity contribution is 0.0933. The molecule has 3 heterocycles. The molecule has 0 radical (unpaired) electrons. The van der Waals surface area contributed by atoms with Crippen LogP contribution in [0.3, 0.4) is 0 Å². The zero-order valence-electron chi connectivity index (χ0n) is 14.7. The number of hydrogen-bond acceptors (Lipinski definition) is 7. The number of piperidine rings is 1. The van der Waals surface area contributed by atoms with Gasteiger partial charge < -0.3 is 9.73 Å². The molecule has 0 aliphatic carbocycles. The minimum Gasteiger partial charge on any atom is -0.424 e. The summed E-state index contributed by atoms with van der Waals surface area (Å²) in [5.74, 6) is 2.00. The Balaban J connectivity index is 1.40. The molecule has 134 valence electrons. The highest BCUT2D eigenvalue weighted by molar-refractivity contribution is 5.93. The summed E-state index contributed by atoms with van der Waals surface area (Å²) < 4.78 is 5.67. The van der Waals surface area contributed by atoms with Gasteiger partial charge in [0.05, 0.1) is 12.1 Å². The van der Waals surface area contributed by atoms with E-state index in [-0.39, 0.29) is 11.8 Å². The fraction of sp³-hybridized carbons (Fsp3) is 0.588. The van der Waals surface area contributed by atoms with Crippen molar-refractivity contribution < 1.29 is 9.21 Å². The largest absolute Gasteiger partial charge is 0.424 e. The van der Waals surface area contributed by atoms with Gasteiger partial charge in [-0.2, -0.15) is 0 Å². The predicted octanol–water partition coefficient (Wildman–Crippen LogP) is 1.62. The Morgan fingerprint density at radius 1 is 1.28 bits per heavy atom. The second-order valence-corrected chi connectivity index (χ2v) is 6.75. The van der Waals surface area contributed by atoms with E-state index in [9.17, 15) is 4.79 Å². The molecule has 1 saturated heterocycles. The van der Waals surface area contributed by atoms with Crippen molar-refractivity contribution in [3.8, 4) is 0 Å². The van der Waals surface area contributed by atoms with Crippen LogP contribution in [0.5, 0.6) is 0 Å². The fourth-order valence-electron chi connectivity index (χ4n) is 2.86. The maximum Gasteiger partial charge on any atom is 0.254 e. The number of amides is 1. The van der Waals surface area contributed by atoms with Crippen molar-refractivity contribution in [3.63, 3.8) is 0 Å². The third-order valence-corrected chi connectivity index (χ3v) is 4.42. The van der Waals surface area contributed by atoms with E-state index in [0.29, 0.717) is 36.4 Å². The van der Waals surface area contributed by atoms with Crippen LogP contribution in [-0.4, -0.2) is 50.6 Å². The lowest BCUT2D eigenvalue weighted by Crippen LogP contribution is -2.38. The van der Waals surface area contributed by atoms with Gasteiger partial charge in [-0.1, -0.05) is 13.8 Å². The van der Waals surface area contributed by atoms with Crippen molar-refractivity contribution in [2.24, 2.45) is 5.92 Å². The molecule has 1 fully saturated rings. The van der Waals surface area contributed by atoms with Crippen molar-refractivity contribution >= 4 is 5.91 Å². The van der Waals surface area contributed by atoms with Gasteiger partial charge in [-0.25, -0.2) is 9.97 Å². The number of carbonyl (C=O) groups excluding carboxylic acids is 1. The normalized spacial score (nSPS) is 16.3. The van der Waals surface area contributed by atoms with Gasteiger partial charge in [0.25, 0.3) is 5.91 Å². The van der Waals surface area contributed by atoms with Gasteiger partial charge in [-0.3, -0.25) is 9.69 Å². The molecule has 3 rings (SSSR count). The first-order chi connectivity index (χ1) is 12.1. The summed E-state index contributed by atoms with van der Waals surface area (Å²) in [6.45, 7) is 7.39. The van der Waals surface area contributed by atoms with Crippen LogP contribution >= 0.6 is 0 Å². The van der Waals surface area contributed by atoms with Crippen LogP contribution in [0.25, 0.3) is 0 Å². The van der Waals surface area contributed by atoms with Gasteiger partial charge in [0.2, 0.25) is 11.8 Å². The van der Waals surface area contributed by atoms with Crippen LogP contribution in [0.4, 0.5) is 0 Å². The average Bonchev–Trinajstić information content (AvgIpc) is 3.10. The van der Waals surface area contributed by atoms with E-state index in [1.54, 1.807) is 0 Å². The Bertz CT molecular complexity index is 679. The predicted molar refractivity (Wildman–Crippen MR) is 90.8 cm³/mol. The zero-order valence-corrected chi connectivity index (χ0v) is 14.7. The minimum atomic E-state index is -0.116. The van der Waals surface area contributed by atoms with E-state index in [1.807, 2.05) is 13.8 Å². The highest BCUT2D eigenvalue weighted by Crippen LogP contribution is 2.19. The lowest BCUT2D eigenvalue weighted by Gasteiger charge is -2.31. The molecule has 2 aromatic rings. The third kappa shape index (κ3) is 4.82. The molecule has 8 nitrogen and oxygen atoms in total. The smallest absolute Gasteiger partial charge is 0.254 e. The van der Waals surface area contributed by atoms with Crippen LogP contribution in [0, 0.1) is 5.92 Å². The van der Waals surface area contributed by atoms with Gasteiger partial charge in [-0.05, 0) is 31.8 Å². The second-order valence-electron chi connectivity index (χ2n) is 6.75. The van der Waals surface area contributed by atoms with Gasteiger partial charge >= 0.3 is 0 Å². The van der Waals surface area contributed by atoms with E-state index in [4.69, 9.17) is 4.42 Å². The molecule has 0 bridgehead atoms. The maximum atomic E-state index is 12.0. The van der Waals surface area contributed by atoms with Crippen molar-refractivity contribution in [1.29, 1.82) is 0 Å². The molecule has 1 aliphatic heterocycles. The Hall–Kier alpha value is -2.35. The minimum absolute atomic E-state index is 0.116. The Kier molecular flexibility index (Phi) is 5.70. The van der Waals surface area contributed by atoms with E-state index < -0.39 is 0 Å². The Morgan fingerprint density at radius 2 is 2.00 bits per heavy atom. The van der Waals surface area contributed by atoms with Crippen LogP contribution in [0.1, 0.15) is 54.7 Å². The number of likely N-dealkylation sites (tertiary alicyclic amines) is 1. The first-order valence-corrected chi connectivity index (χ1v) is 8.69. The Morgan fingerprint density at radius 3 is 2.64 bits per heavy atom.